The number of aryl methyl sites for hydroxylation is 2. The molecule has 1 unspecified atom stereocenters. The van der Waals surface area contributed by atoms with Crippen LogP contribution in [-0.2, 0) is 17.6 Å². The molecule has 0 saturated carbocycles. The molecule has 0 aliphatic rings. The first kappa shape index (κ1) is 18.1. The van der Waals surface area contributed by atoms with Gasteiger partial charge in [0, 0.05) is 0 Å². The molecule has 0 heterocycles. The maximum Gasteiger partial charge on any atom is 0.0773 e. The largest absolute Gasteiger partial charge is 0.394 e. The fourth-order valence-corrected chi connectivity index (χ4v) is 2.55. The molecule has 0 aromatic heterocycles. The van der Waals surface area contributed by atoms with Gasteiger partial charge in [0.2, 0.25) is 0 Å². The molecular weight excluding hydrogens is 264 g/mol. The van der Waals surface area contributed by atoms with Crippen molar-refractivity contribution >= 4 is 0 Å². The summed E-state index contributed by atoms with van der Waals surface area (Å²) in [6, 6.07) is 8.72. The zero-order chi connectivity index (χ0) is 15.3. The Kier molecular flexibility index (Phi) is 10.1. The summed E-state index contributed by atoms with van der Waals surface area (Å²) < 4.78 is 5.11. The molecule has 0 radical (unpaired) electrons. The highest BCUT2D eigenvalue weighted by atomic mass is 16.5. The second-order valence-corrected chi connectivity index (χ2v) is 5.57. The fourth-order valence-electron chi connectivity index (χ4n) is 2.55. The van der Waals surface area contributed by atoms with Gasteiger partial charge in [-0.3, -0.25) is 0 Å². The third-order valence-corrected chi connectivity index (χ3v) is 3.67. The number of hydrogen-bond donors (Lipinski definition) is 2. The number of benzene rings is 1. The smallest absolute Gasteiger partial charge is 0.0773 e. The van der Waals surface area contributed by atoms with Gasteiger partial charge in [0.15, 0.2) is 0 Å². The first-order valence-electron chi connectivity index (χ1n) is 8.21. The molecule has 1 rings (SSSR count). The standard InChI is InChI=1S/C18H30O3/c1-2-8-16-10-6-7-11-17(16)9-4-3-5-12-18(20)15-21-14-13-19/h6-7,10-11,18-20H,2-5,8-9,12-15H2,1H3. The van der Waals surface area contributed by atoms with Crippen molar-refractivity contribution in [3.05, 3.63) is 35.4 Å². The highest BCUT2D eigenvalue weighted by molar-refractivity contribution is 5.27. The molecule has 2 N–H and O–H groups in total. The summed E-state index contributed by atoms with van der Waals surface area (Å²) in [5.41, 5.74) is 2.96. The quantitative estimate of drug-likeness (QED) is 0.582. The van der Waals surface area contributed by atoms with Gasteiger partial charge in [0.25, 0.3) is 0 Å². The topological polar surface area (TPSA) is 49.7 Å². The van der Waals surface area contributed by atoms with Crippen LogP contribution < -0.4 is 0 Å². The minimum absolute atomic E-state index is 0.0177. The van der Waals surface area contributed by atoms with Crippen LogP contribution in [0.5, 0.6) is 0 Å². The second-order valence-electron chi connectivity index (χ2n) is 5.57. The summed E-state index contributed by atoms with van der Waals surface area (Å²) in [6.45, 7) is 2.88. The lowest BCUT2D eigenvalue weighted by molar-refractivity contribution is 0.0170. The molecule has 120 valence electrons. The van der Waals surface area contributed by atoms with Crippen molar-refractivity contribution < 1.29 is 14.9 Å². The van der Waals surface area contributed by atoms with Crippen LogP contribution in [0.25, 0.3) is 0 Å². The summed E-state index contributed by atoms with van der Waals surface area (Å²) in [5.74, 6) is 0. The Labute approximate surface area is 129 Å². The lowest BCUT2D eigenvalue weighted by Crippen LogP contribution is -2.16. The van der Waals surface area contributed by atoms with Crippen molar-refractivity contribution in [1.82, 2.24) is 0 Å². The number of unbranched alkanes of at least 4 members (excludes halogenated alkanes) is 2. The summed E-state index contributed by atoms with van der Waals surface area (Å²) >= 11 is 0. The normalized spacial score (nSPS) is 12.5. The van der Waals surface area contributed by atoms with E-state index >= 15 is 0 Å². The molecule has 3 heteroatoms. The Bertz CT molecular complexity index is 365. The van der Waals surface area contributed by atoms with Crippen LogP contribution in [0, 0.1) is 0 Å². The Morgan fingerprint density at radius 2 is 1.76 bits per heavy atom. The van der Waals surface area contributed by atoms with Gasteiger partial charge in [0.05, 0.1) is 25.9 Å². The monoisotopic (exact) mass is 294 g/mol. The average molecular weight is 294 g/mol. The zero-order valence-electron chi connectivity index (χ0n) is 13.3. The lowest BCUT2D eigenvalue weighted by atomic mass is 9.98. The molecular formula is C18H30O3. The van der Waals surface area contributed by atoms with Gasteiger partial charge in [-0.2, -0.15) is 0 Å². The molecule has 21 heavy (non-hydrogen) atoms. The van der Waals surface area contributed by atoms with E-state index in [9.17, 15) is 5.11 Å². The van der Waals surface area contributed by atoms with Gasteiger partial charge >= 0.3 is 0 Å². The molecule has 1 atom stereocenters. The van der Waals surface area contributed by atoms with E-state index in [4.69, 9.17) is 9.84 Å². The first-order chi connectivity index (χ1) is 10.3. The maximum atomic E-state index is 9.70. The van der Waals surface area contributed by atoms with E-state index in [-0.39, 0.29) is 6.61 Å². The van der Waals surface area contributed by atoms with E-state index in [1.807, 2.05) is 0 Å². The van der Waals surface area contributed by atoms with E-state index in [1.165, 1.54) is 24.0 Å². The zero-order valence-corrected chi connectivity index (χ0v) is 13.3. The Morgan fingerprint density at radius 3 is 2.43 bits per heavy atom. The average Bonchev–Trinajstić information content (AvgIpc) is 2.49. The summed E-state index contributed by atoms with van der Waals surface area (Å²) in [6.07, 6.45) is 7.20. The summed E-state index contributed by atoms with van der Waals surface area (Å²) in [4.78, 5) is 0. The molecule has 1 aromatic rings. The van der Waals surface area contributed by atoms with Crippen molar-refractivity contribution in [3.63, 3.8) is 0 Å². The van der Waals surface area contributed by atoms with E-state index in [2.05, 4.69) is 31.2 Å². The van der Waals surface area contributed by atoms with Crippen LogP contribution in [0.4, 0.5) is 0 Å². The predicted molar refractivity (Wildman–Crippen MR) is 86.5 cm³/mol. The molecule has 0 amide bonds. The van der Waals surface area contributed by atoms with Gasteiger partial charge in [-0.05, 0) is 36.8 Å². The molecule has 0 bridgehead atoms. The minimum Gasteiger partial charge on any atom is -0.394 e. The fraction of sp³-hybridized carbons (Fsp3) is 0.667. The first-order valence-corrected chi connectivity index (χ1v) is 8.21. The van der Waals surface area contributed by atoms with E-state index in [0.717, 1.165) is 32.1 Å². The number of aliphatic hydroxyl groups is 2. The molecule has 0 aliphatic heterocycles. The molecule has 3 nitrogen and oxygen atoms in total. The Morgan fingerprint density at radius 1 is 1.05 bits per heavy atom. The number of aliphatic hydroxyl groups excluding tert-OH is 2. The third kappa shape index (κ3) is 8.20. The van der Waals surface area contributed by atoms with Gasteiger partial charge in [-0.15, -0.1) is 0 Å². The van der Waals surface area contributed by atoms with Crippen LogP contribution in [-0.4, -0.2) is 36.1 Å². The summed E-state index contributed by atoms with van der Waals surface area (Å²) in [5, 5.41) is 18.3. The van der Waals surface area contributed by atoms with Gasteiger partial charge in [-0.25, -0.2) is 0 Å². The lowest BCUT2D eigenvalue weighted by Gasteiger charge is -2.11. The van der Waals surface area contributed by atoms with E-state index < -0.39 is 6.10 Å². The molecule has 0 saturated heterocycles. The number of ether oxygens (including phenoxy) is 1. The van der Waals surface area contributed by atoms with Crippen LogP contribution in [0.15, 0.2) is 24.3 Å². The van der Waals surface area contributed by atoms with Gasteiger partial charge in [0.1, 0.15) is 0 Å². The predicted octanol–water partition coefficient (Wildman–Crippen LogP) is 3.11. The van der Waals surface area contributed by atoms with Gasteiger partial charge < -0.3 is 14.9 Å². The minimum atomic E-state index is -0.399. The SMILES string of the molecule is CCCc1ccccc1CCCCCC(O)COCCO. The van der Waals surface area contributed by atoms with Crippen LogP contribution in [0.1, 0.15) is 50.2 Å². The number of rotatable bonds is 12. The second kappa shape index (κ2) is 11.7. The third-order valence-electron chi connectivity index (χ3n) is 3.67. The number of hydrogen-bond acceptors (Lipinski definition) is 3. The maximum absolute atomic E-state index is 9.70. The molecule has 1 aromatic carbocycles. The van der Waals surface area contributed by atoms with Crippen LogP contribution in [0.2, 0.25) is 0 Å². The van der Waals surface area contributed by atoms with E-state index in [0.29, 0.717) is 13.2 Å². The molecule has 0 fully saturated rings. The Hall–Kier alpha value is -0.900. The highest BCUT2D eigenvalue weighted by Gasteiger charge is 2.05. The van der Waals surface area contributed by atoms with Crippen molar-refractivity contribution in [2.45, 2.75) is 58.0 Å². The van der Waals surface area contributed by atoms with E-state index in [1.54, 1.807) is 0 Å². The highest BCUT2D eigenvalue weighted by Crippen LogP contribution is 2.15. The van der Waals surface area contributed by atoms with Gasteiger partial charge in [-0.1, -0.05) is 50.5 Å². The van der Waals surface area contributed by atoms with Crippen molar-refractivity contribution in [1.29, 1.82) is 0 Å². The van der Waals surface area contributed by atoms with Crippen molar-refractivity contribution in [2.75, 3.05) is 19.8 Å². The van der Waals surface area contributed by atoms with Crippen LogP contribution in [0.3, 0.4) is 0 Å². The van der Waals surface area contributed by atoms with Crippen molar-refractivity contribution in [3.8, 4) is 0 Å². The van der Waals surface area contributed by atoms with Crippen molar-refractivity contribution in [2.24, 2.45) is 0 Å². The molecule has 0 spiro atoms. The molecule has 0 aliphatic carbocycles. The van der Waals surface area contributed by atoms with Crippen LogP contribution >= 0.6 is 0 Å². The summed E-state index contributed by atoms with van der Waals surface area (Å²) in [7, 11) is 0. The Balaban J connectivity index is 2.14.